The van der Waals surface area contributed by atoms with Crippen LogP contribution >= 0.6 is 15.9 Å². The molecular formula is C12H10BrNO4S. The molecule has 0 saturated carbocycles. The zero-order valence-corrected chi connectivity index (χ0v) is 12.3. The third kappa shape index (κ3) is 3.45. The zero-order valence-electron chi connectivity index (χ0n) is 9.88. The standard InChI is InChI=1S/C12H10BrNO4S/c1-8-6-10(7-12(15)14-8)18-19(16,17)11-4-2-9(13)3-5-11/h2-7H,1H3,(H,14,15). The molecule has 0 bridgehead atoms. The van der Waals surface area contributed by atoms with E-state index >= 15 is 0 Å². The van der Waals surface area contributed by atoms with Crippen LogP contribution in [-0.4, -0.2) is 13.4 Å². The highest BCUT2D eigenvalue weighted by atomic mass is 79.9. The molecule has 0 aliphatic rings. The molecule has 1 aromatic carbocycles. The van der Waals surface area contributed by atoms with E-state index in [0.29, 0.717) is 5.69 Å². The number of hydrogen-bond acceptors (Lipinski definition) is 4. The summed E-state index contributed by atoms with van der Waals surface area (Å²) >= 11 is 3.22. The van der Waals surface area contributed by atoms with Gasteiger partial charge in [-0.15, -0.1) is 0 Å². The molecule has 0 saturated heterocycles. The van der Waals surface area contributed by atoms with Crippen LogP contribution in [0.25, 0.3) is 0 Å². The van der Waals surface area contributed by atoms with Gasteiger partial charge in [0.2, 0.25) is 0 Å². The van der Waals surface area contributed by atoms with E-state index in [9.17, 15) is 13.2 Å². The van der Waals surface area contributed by atoms with Crippen molar-refractivity contribution in [1.82, 2.24) is 4.98 Å². The first kappa shape index (κ1) is 13.8. The summed E-state index contributed by atoms with van der Waals surface area (Å²) < 4.78 is 29.7. The molecule has 2 aromatic rings. The lowest BCUT2D eigenvalue weighted by Gasteiger charge is -2.07. The van der Waals surface area contributed by atoms with Crippen molar-refractivity contribution in [2.45, 2.75) is 11.8 Å². The third-order valence-electron chi connectivity index (χ3n) is 2.26. The first-order valence-corrected chi connectivity index (χ1v) is 7.48. The van der Waals surface area contributed by atoms with Crippen LogP contribution in [-0.2, 0) is 10.1 Å². The average molecular weight is 344 g/mol. The number of benzene rings is 1. The molecule has 0 spiro atoms. The normalized spacial score (nSPS) is 11.3. The van der Waals surface area contributed by atoms with E-state index < -0.39 is 15.7 Å². The van der Waals surface area contributed by atoms with Crippen molar-refractivity contribution < 1.29 is 12.6 Å². The molecule has 0 fully saturated rings. The van der Waals surface area contributed by atoms with Crippen LogP contribution < -0.4 is 9.74 Å². The molecule has 1 N–H and O–H groups in total. The van der Waals surface area contributed by atoms with Crippen LogP contribution in [0.3, 0.4) is 0 Å². The Bertz CT molecular complexity index is 750. The number of pyridine rings is 1. The van der Waals surface area contributed by atoms with Crippen molar-refractivity contribution in [3.05, 3.63) is 56.9 Å². The van der Waals surface area contributed by atoms with E-state index in [1.54, 1.807) is 19.1 Å². The minimum absolute atomic E-state index is 0.0100. The lowest BCUT2D eigenvalue weighted by Crippen LogP contribution is -2.13. The molecule has 100 valence electrons. The average Bonchev–Trinajstić information content (AvgIpc) is 2.27. The first-order chi connectivity index (χ1) is 8.87. The van der Waals surface area contributed by atoms with Crippen molar-refractivity contribution in [2.75, 3.05) is 0 Å². The number of halogens is 1. The lowest BCUT2D eigenvalue weighted by atomic mass is 10.4. The topological polar surface area (TPSA) is 76.2 Å². The van der Waals surface area contributed by atoms with Crippen LogP contribution in [0.2, 0.25) is 0 Å². The number of H-pyrrole nitrogens is 1. The summed E-state index contributed by atoms with van der Waals surface area (Å²) in [6, 6.07) is 8.55. The Labute approximate surface area is 118 Å². The summed E-state index contributed by atoms with van der Waals surface area (Å²) in [5, 5.41) is 0. The minimum atomic E-state index is -3.94. The fourth-order valence-electron chi connectivity index (χ4n) is 1.47. The molecule has 0 aliphatic carbocycles. The molecule has 0 amide bonds. The van der Waals surface area contributed by atoms with Crippen molar-refractivity contribution in [2.24, 2.45) is 0 Å². The van der Waals surface area contributed by atoms with Crippen LogP contribution in [0.5, 0.6) is 5.75 Å². The van der Waals surface area contributed by atoms with E-state index in [1.807, 2.05) is 0 Å². The Kier molecular flexibility index (Phi) is 3.77. The molecular weight excluding hydrogens is 334 g/mol. The second-order valence-corrected chi connectivity index (χ2v) is 6.32. The van der Waals surface area contributed by atoms with E-state index in [0.717, 1.165) is 10.5 Å². The Hall–Kier alpha value is -1.60. The number of aromatic amines is 1. The second-order valence-electron chi connectivity index (χ2n) is 3.85. The molecule has 1 heterocycles. The highest BCUT2D eigenvalue weighted by molar-refractivity contribution is 9.10. The van der Waals surface area contributed by atoms with Gasteiger partial charge in [0.05, 0.1) is 0 Å². The van der Waals surface area contributed by atoms with Crippen LogP contribution in [0.4, 0.5) is 0 Å². The lowest BCUT2D eigenvalue weighted by molar-refractivity contribution is 0.485. The van der Waals surface area contributed by atoms with E-state index in [-0.39, 0.29) is 10.6 Å². The summed E-state index contributed by atoms with van der Waals surface area (Å²) in [7, 11) is -3.94. The molecule has 7 heteroatoms. The number of nitrogens with one attached hydrogen (secondary N) is 1. The number of aryl methyl sites for hydroxylation is 1. The van der Waals surface area contributed by atoms with Gasteiger partial charge in [-0.25, -0.2) is 0 Å². The third-order valence-corrected chi connectivity index (χ3v) is 4.05. The fraction of sp³-hybridized carbons (Fsp3) is 0.0833. The Morgan fingerprint density at radius 2 is 1.79 bits per heavy atom. The summed E-state index contributed by atoms with van der Waals surface area (Å²) in [5.41, 5.74) is 0.106. The largest absolute Gasteiger partial charge is 0.379 e. The molecule has 5 nitrogen and oxygen atoms in total. The second kappa shape index (κ2) is 5.18. The van der Waals surface area contributed by atoms with Crippen molar-refractivity contribution >= 4 is 26.0 Å². The summed E-state index contributed by atoms with van der Waals surface area (Å²) in [6.45, 7) is 1.64. The van der Waals surface area contributed by atoms with Gasteiger partial charge in [0.25, 0.3) is 5.56 Å². The number of rotatable bonds is 3. The van der Waals surface area contributed by atoms with Gasteiger partial charge in [-0.1, -0.05) is 15.9 Å². The molecule has 2 rings (SSSR count). The zero-order chi connectivity index (χ0) is 14.0. The van der Waals surface area contributed by atoms with Crippen molar-refractivity contribution in [1.29, 1.82) is 0 Å². The highest BCUT2D eigenvalue weighted by Gasteiger charge is 2.16. The van der Waals surface area contributed by atoms with E-state index in [1.165, 1.54) is 18.2 Å². The number of hydrogen-bond donors (Lipinski definition) is 1. The molecule has 0 radical (unpaired) electrons. The van der Waals surface area contributed by atoms with E-state index in [2.05, 4.69) is 20.9 Å². The Morgan fingerprint density at radius 3 is 2.37 bits per heavy atom. The molecule has 0 aliphatic heterocycles. The van der Waals surface area contributed by atoms with Gasteiger partial charge >= 0.3 is 10.1 Å². The molecule has 19 heavy (non-hydrogen) atoms. The maximum Gasteiger partial charge on any atom is 0.339 e. The van der Waals surface area contributed by atoms with Gasteiger partial charge in [0.1, 0.15) is 10.6 Å². The van der Waals surface area contributed by atoms with Gasteiger partial charge < -0.3 is 9.17 Å². The number of aromatic nitrogens is 1. The fourth-order valence-corrected chi connectivity index (χ4v) is 2.65. The van der Waals surface area contributed by atoms with Gasteiger partial charge in [-0.3, -0.25) is 4.79 Å². The SMILES string of the molecule is Cc1cc(OS(=O)(=O)c2ccc(Br)cc2)cc(=O)[nH]1. The van der Waals surface area contributed by atoms with Gasteiger partial charge in [0.15, 0.2) is 0 Å². The van der Waals surface area contributed by atoms with Gasteiger partial charge in [-0.2, -0.15) is 8.42 Å². The summed E-state index contributed by atoms with van der Waals surface area (Å²) in [6.07, 6.45) is 0. The van der Waals surface area contributed by atoms with Crippen LogP contribution in [0.15, 0.2) is 50.6 Å². The first-order valence-electron chi connectivity index (χ1n) is 5.28. The molecule has 1 aromatic heterocycles. The molecule has 0 atom stereocenters. The van der Waals surface area contributed by atoms with Gasteiger partial charge in [-0.05, 0) is 31.2 Å². The smallest absolute Gasteiger partial charge is 0.339 e. The Balaban J connectivity index is 2.36. The maximum atomic E-state index is 12.0. The van der Waals surface area contributed by atoms with Gasteiger partial charge in [0, 0.05) is 22.3 Å². The summed E-state index contributed by atoms with van der Waals surface area (Å²) in [5.74, 6) is -0.0100. The predicted molar refractivity (Wildman–Crippen MR) is 73.8 cm³/mol. The highest BCUT2D eigenvalue weighted by Crippen LogP contribution is 2.19. The predicted octanol–water partition coefficient (Wildman–Crippen LogP) is 2.21. The van der Waals surface area contributed by atoms with E-state index in [4.69, 9.17) is 4.18 Å². The quantitative estimate of drug-likeness (QED) is 0.867. The van der Waals surface area contributed by atoms with Crippen LogP contribution in [0, 0.1) is 6.92 Å². The minimum Gasteiger partial charge on any atom is -0.379 e. The summed E-state index contributed by atoms with van der Waals surface area (Å²) in [4.78, 5) is 13.8. The van der Waals surface area contributed by atoms with Crippen LogP contribution in [0.1, 0.15) is 5.69 Å². The maximum absolute atomic E-state index is 12.0. The molecule has 0 unspecified atom stereocenters. The van der Waals surface area contributed by atoms with Crippen molar-refractivity contribution in [3.8, 4) is 5.75 Å². The van der Waals surface area contributed by atoms with Crippen molar-refractivity contribution in [3.63, 3.8) is 0 Å². The Morgan fingerprint density at radius 1 is 1.16 bits per heavy atom. The monoisotopic (exact) mass is 343 g/mol.